The Hall–Kier alpha value is -1.65. The normalized spacial score (nSPS) is 10.6. The Bertz CT molecular complexity index is 492. The number of rotatable bonds is 2. The number of nitrogens with one attached hydrogen (secondary N) is 1. The average Bonchev–Trinajstić information content (AvgIpc) is 2.06. The molecule has 0 amide bonds. The number of anilines is 1. The largest absolute Gasteiger partial charge is 0.296 e. The van der Waals surface area contributed by atoms with E-state index in [0.29, 0.717) is 0 Å². The molecule has 0 radical (unpaired) electrons. The van der Waals surface area contributed by atoms with Crippen molar-refractivity contribution in [2.24, 2.45) is 5.14 Å². The van der Waals surface area contributed by atoms with E-state index in [1.807, 2.05) is 4.72 Å². The molecule has 0 aliphatic carbocycles. The smallest absolute Gasteiger partial charge is 0.271 e. The Morgan fingerprint density at radius 2 is 2.14 bits per heavy atom. The topological polar surface area (TPSA) is 96.0 Å². The summed E-state index contributed by atoms with van der Waals surface area (Å²) in [5.41, 5.74) is -0.205. The van der Waals surface area contributed by atoms with Gasteiger partial charge < -0.3 is 0 Å². The number of nitriles is 1. The summed E-state index contributed by atoms with van der Waals surface area (Å²) < 4.78 is 35.8. The summed E-state index contributed by atoms with van der Waals surface area (Å²) in [6, 6.07) is 4.77. The Morgan fingerprint density at radius 1 is 1.50 bits per heavy atom. The lowest BCUT2D eigenvalue weighted by molar-refractivity contribution is 0.602. The first-order chi connectivity index (χ1) is 6.42. The lowest BCUT2D eigenvalue weighted by atomic mass is 10.2. The maximum absolute atomic E-state index is 12.8. The fourth-order valence-corrected chi connectivity index (χ4v) is 1.29. The van der Waals surface area contributed by atoms with Crippen LogP contribution in [0.5, 0.6) is 0 Å². The Labute approximate surface area is 80.1 Å². The number of nitrogens with zero attached hydrogens (tertiary/aromatic N) is 1. The molecule has 0 saturated carbocycles. The predicted octanol–water partition coefficient (Wildman–Crippen LogP) is 0.313. The highest BCUT2D eigenvalue weighted by Gasteiger charge is 2.06. The molecule has 5 nitrogen and oxygen atoms in total. The van der Waals surface area contributed by atoms with Gasteiger partial charge in [0.15, 0.2) is 0 Å². The monoisotopic (exact) mass is 215 g/mol. The summed E-state index contributed by atoms with van der Waals surface area (Å²) in [5, 5.41) is 13.1. The van der Waals surface area contributed by atoms with E-state index in [-0.39, 0.29) is 11.3 Å². The van der Waals surface area contributed by atoms with Crippen molar-refractivity contribution in [1.29, 1.82) is 5.26 Å². The maximum Gasteiger partial charge on any atom is 0.296 e. The third kappa shape index (κ3) is 2.69. The van der Waals surface area contributed by atoms with Gasteiger partial charge in [-0.05, 0) is 18.2 Å². The lowest BCUT2D eigenvalue weighted by Crippen LogP contribution is -2.21. The minimum absolute atomic E-state index is 0.0467. The third-order valence-corrected chi connectivity index (χ3v) is 1.87. The standard InChI is InChI=1S/C7H6FN3O2S/c8-7-2-1-6(3-5(7)4-9)11-14(10,12)13/h1-3,11H,(H2,10,12,13). The summed E-state index contributed by atoms with van der Waals surface area (Å²) in [6.45, 7) is 0. The average molecular weight is 215 g/mol. The van der Waals surface area contributed by atoms with E-state index in [0.717, 1.165) is 12.1 Å². The minimum Gasteiger partial charge on any atom is -0.271 e. The van der Waals surface area contributed by atoms with Gasteiger partial charge in [0.2, 0.25) is 0 Å². The molecule has 1 rings (SSSR count). The molecule has 0 bridgehead atoms. The molecule has 1 aromatic rings. The Morgan fingerprint density at radius 3 is 2.64 bits per heavy atom. The van der Waals surface area contributed by atoms with Gasteiger partial charge in [-0.2, -0.15) is 13.7 Å². The van der Waals surface area contributed by atoms with Crippen LogP contribution in [0.4, 0.5) is 10.1 Å². The lowest BCUT2D eigenvalue weighted by Gasteiger charge is -2.03. The first-order valence-corrected chi connectivity index (χ1v) is 4.97. The van der Waals surface area contributed by atoms with Crippen LogP contribution in [0.15, 0.2) is 18.2 Å². The fourth-order valence-electron chi connectivity index (χ4n) is 0.839. The predicted molar refractivity (Wildman–Crippen MR) is 47.8 cm³/mol. The van der Waals surface area contributed by atoms with Crippen LogP contribution in [0.25, 0.3) is 0 Å². The van der Waals surface area contributed by atoms with Crippen LogP contribution >= 0.6 is 0 Å². The zero-order valence-electron chi connectivity index (χ0n) is 6.86. The quantitative estimate of drug-likeness (QED) is 0.743. The summed E-state index contributed by atoms with van der Waals surface area (Å²) in [4.78, 5) is 0. The number of benzene rings is 1. The second-order valence-corrected chi connectivity index (χ2v) is 3.75. The highest BCUT2D eigenvalue weighted by atomic mass is 32.2. The molecule has 0 unspecified atom stereocenters. The van der Waals surface area contributed by atoms with Gasteiger partial charge >= 0.3 is 0 Å². The Kier molecular flexibility index (Phi) is 2.69. The molecular formula is C7H6FN3O2S. The molecule has 7 heteroatoms. The number of hydrogen-bond donors (Lipinski definition) is 2. The van der Waals surface area contributed by atoms with Crippen LogP contribution < -0.4 is 9.86 Å². The zero-order chi connectivity index (χ0) is 10.8. The molecular weight excluding hydrogens is 209 g/mol. The van der Waals surface area contributed by atoms with Crippen LogP contribution in [0, 0.1) is 17.1 Å². The van der Waals surface area contributed by atoms with Gasteiger partial charge in [-0.15, -0.1) is 0 Å². The second kappa shape index (κ2) is 3.61. The molecule has 0 saturated heterocycles. The van der Waals surface area contributed by atoms with Gasteiger partial charge in [-0.25, -0.2) is 9.53 Å². The summed E-state index contributed by atoms with van der Waals surface area (Å²) in [6.07, 6.45) is 0. The number of hydrogen-bond acceptors (Lipinski definition) is 3. The van der Waals surface area contributed by atoms with Crippen LogP contribution in [-0.2, 0) is 10.2 Å². The van der Waals surface area contributed by atoms with Crippen molar-refractivity contribution in [2.75, 3.05) is 4.72 Å². The van der Waals surface area contributed by atoms with Gasteiger partial charge in [0.1, 0.15) is 11.9 Å². The first-order valence-electron chi connectivity index (χ1n) is 3.42. The van der Waals surface area contributed by atoms with Gasteiger partial charge in [-0.3, -0.25) is 4.72 Å². The van der Waals surface area contributed by atoms with Crippen molar-refractivity contribution in [3.05, 3.63) is 29.6 Å². The van der Waals surface area contributed by atoms with Crippen molar-refractivity contribution in [3.8, 4) is 6.07 Å². The van der Waals surface area contributed by atoms with Gasteiger partial charge in [0, 0.05) is 0 Å². The van der Waals surface area contributed by atoms with Crippen molar-refractivity contribution >= 4 is 15.9 Å². The highest BCUT2D eigenvalue weighted by molar-refractivity contribution is 7.90. The second-order valence-electron chi connectivity index (χ2n) is 2.45. The molecule has 0 heterocycles. The van der Waals surface area contributed by atoms with E-state index in [2.05, 4.69) is 5.14 Å². The van der Waals surface area contributed by atoms with Crippen LogP contribution in [0.1, 0.15) is 5.56 Å². The number of halogens is 1. The molecule has 0 aliphatic rings. The van der Waals surface area contributed by atoms with E-state index < -0.39 is 16.0 Å². The first kappa shape index (κ1) is 10.4. The highest BCUT2D eigenvalue weighted by Crippen LogP contribution is 2.14. The van der Waals surface area contributed by atoms with Crippen molar-refractivity contribution < 1.29 is 12.8 Å². The van der Waals surface area contributed by atoms with E-state index in [4.69, 9.17) is 5.26 Å². The summed E-state index contributed by atoms with van der Waals surface area (Å²) in [7, 11) is -3.90. The minimum atomic E-state index is -3.90. The molecule has 0 aliphatic heterocycles. The molecule has 74 valence electrons. The summed E-state index contributed by atoms with van der Waals surface area (Å²) >= 11 is 0. The van der Waals surface area contributed by atoms with E-state index in [9.17, 15) is 12.8 Å². The number of nitrogens with two attached hydrogens (primary N) is 1. The van der Waals surface area contributed by atoms with E-state index in [1.54, 1.807) is 6.07 Å². The molecule has 14 heavy (non-hydrogen) atoms. The van der Waals surface area contributed by atoms with Crippen molar-refractivity contribution in [3.63, 3.8) is 0 Å². The van der Waals surface area contributed by atoms with E-state index >= 15 is 0 Å². The van der Waals surface area contributed by atoms with Gasteiger partial charge in [-0.1, -0.05) is 0 Å². The van der Waals surface area contributed by atoms with Crippen LogP contribution in [0.3, 0.4) is 0 Å². The fraction of sp³-hybridized carbons (Fsp3) is 0. The van der Waals surface area contributed by atoms with Crippen molar-refractivity contribution in [2.45, 2.75) is 0 Å². The maximum atomic E-state index is 12.8. The third-order valence-electron chi connectivity index (χ3n) is 1.35. The van der Waals surface area contributed by atoms with Crippen molar-refractivity contribution in [1.82, 2.24) is 0 Å². The molecule has 0 atom stereocenters. The molecule has 3 N–H and O–H groups in total. The van der Waals surface area contributed by atoms with Gasteiger partial charge in [0.05, 0.1) is 11.3 Å². The zero-order valence-corrected chi connectivity index (χ0v) is 7.68. The van der Waals surface area contributed by atoms with Gasteiger partial charge in [0.25, 0.3) is 10.2 Å². The Balaban J connectivity index is 3.09. The molecule has 0 fully saturated rings. The summed E-state index contributed by atoms with van der Waals surface area (Å²) in [5.74, 6) is -0.715. The van der Waals surface area contributed by atoms with Crippen LogP contribution in [0.2, 0.25) is 0 Å². The van der Waals surface area contributed by atoms with E-state index in [1.165, 1.54) is 6.07 Å². The van der Waals surface area contributed by atoms with Crippen LogP contribution in [-0.4, -0.2) is 8.42 Å². The SMILES string of the molecule is N#Cc1cc(NS(N)(=O)=O)ccc1F. The molecule has 0 spiro atoms. The molecule has 0 aromatic heterocycles. The molecule has 1 aromatic carbocycles.